The van der Waals surface area contributed by atoms with E-state index in [2.05, 4.69) is 21.8 Å². The first-order valence-corrected chi connectivity index (χ1v) is 8.12. The normalized spacial score (nSPS) is 15.6. The second-order valence-electron chi connectivity index (χ2n) is 5.56. The number of nitrogens with one attached hydrogen (secondary N) is 1. The van der Waals surface area contributed by atoms with Crippen molar-refractivity contribution in [2.75, 3.05) is 13.2 Å². The van der Waals surface area contributed by atoms with Crippen molar-refractivity contribution < 1.29 is 9.53 Å². The van der Waals surface area contributed by atoms with Crippen molar-refractivity contribution in [2.45, 2.75) is 65.5 Å². The van der Waals surface area contributed by atoms with Crippen LogP contribution in [0.3, 0.4) is 0 Å². The van der Waals surface area contributed by atoms with Crippen LogP contribution in [0.5, 0.6) is 0 Å². The highest BCUT2D eigenvalue weighted by Gasteiger charge is 2.22. The van der Waals surface area contributed by atoms with Crippen molar-refractivity contribution in [2.24, 2.45) is 0 Å². The summed E-state index contributed by atoms with van der Waals surface area (Å²) in [5.41, 5.74) is 2.63. The Kier molecular flexibility index (Phi) is 5.79. The van der Waals surface area contributed by atoms with Crippen LogP contribution in [0.25, 0.3) is 0 Å². The smallest absolute Gasteiger partial charge is 0.323 e. The maximum Gasteiger partial charge on any atom is 0.323 e. The summed E-state index contributed by atoms with van der Waals surface area (Å²) in [5, 5.41) is 3.22. The number of esters is 1. The molecule has 0 aromatic carbocycles. The average Bonchev–Trinajstić information content (AvgIpc) is 2.79. The molecule has 0 bridgehead atoms. The summed E-state index contributed by atoms with van der Waals surface area (Å²) in [6.45, 7) is 7.94. The number of imidazole rings is 1. The molecule has 0 aliphatic heterocycles. The third kappa shape index (κ3) is 3.84. The third-order valence-corrected chi connectivity index (χ3v) is 4.09. The highest BCUT2D eigenvalue weighted by Crippen LogP contribution is 2.22. The van der Waals surface area contributed by atoms with Crippen molar-refractivity contribution in [1.82, 2.24) is 14.9 Å². The highest BCUT2D eigenvalue weighted by molar-refractivity contribution is 5.75. The molecule has 0 spiro atoms. The maximum absolute atomic E-state index is 12.0. The third-order valence-electron chi connectivity index (χ3n) is 4.09. The SMILES string of the molecule is CCNC(CCn1c(C)nc2c1CCCC2)C(=O)OCC. The van der Waals surface area contributed by atoms with Gasteiger partial charge in [-0.15, -0.1) is 0 Å². The number of nitrogens with zero attached hydrogens (tertiary/aromatic N) is 2. The molecule has 0 radical (unpaired) electrons. The van der Waals surface area contributed by atoms with Gasteiger partial charge in [-0.2, -0.15) is 0 Å². The molecule has 1 N–H and O–H groups in total. The van der Waals surface area contributed by atoms with Crippen molar-refractivity contribution in [1.29, 1.82) is 0 Å². The van der Waals surface area contributed by atoms with E-state index in [0.29, 0.717) is 6.61 Å². The largest absolute Gasteiger partial charge is 0.465 e. The van der Waals surface area contributed by atoms with Gasteiger partial charge in [0.1, 0.15) is 11.9 Å². The number of rotatable bonds is 7. The number of carbonyl (C=O) groups excluding carboxylic acids is 1. The summed E-state index contributed by atoms with van der Waals surface area (Å²) in [7, 11) is 0. The van der Waals surface area contributed by atoms with E-state index in [0.717, 1.165) is 38.2 Å². The molecule has 1 aromatic heterocycles. The molecule has 0 saturated carbocycles. The molecule has 1 heterocycles. The van der Waals surface area contributed by atoms with Crippen molar-refractivity contribution in [3.8, 4) is 0 Å². The molecule has 0 saturated heterocycles. The van der Waals surface area contributed by atoms with Crippen molar-refractivity contribution in [3.05, 3.63) is 17.2 Å². The lowest BCUT2D eigenvalue weighted by Crippen LogP contribution is -2.39. The average molecular weight is 293 g/mol. The zero-order chi connectivity index (χ0) is 15.2. The Morgan fingerprint density at radius 3 is 2.86 bits per heavy atom. The molecule has 1 aliphatic carbocycles. The minimum absolute atomic E-state index is 0.147. The van der Waals surface area contributed by atoms with Gasteiger partial charge in [-0.3, -0.25) is 4.79 Å². The van der Waals surface area contributed by atoms with Gasteiger partial charge >= 0.3 is 5.97 Å². The van der Waals surface area contributed by atoms with Gasteiger partial charge in [0, 0.05) is 12.2 Å². The van der Waals surface area contributed by atoms with E-state index >= 15 is 0 Å². The van der Waals surface area contributed by atoms with Crippen LogP contribution in [-0.4, -0.2) is 34.7 Å². The Morgan fingerprint density at radius 2 is 2.14 bits per heavy atom. The molecule has 1 aliphatic rings. The number of likely N-dealkylation sites (N-methyl/N-ethyl adjacent to an activating group) is 1. The highest BCUT2D eigenvalue weighted by atomic mass is 16.5. The van der Waals surface area contributed by atoms with Gasteiger partial charge in [0.2, 0.25) is 0 Å². The predicted octanol–water partition coefficient (Wildman–Crippen LogP) is 2.00. The minimum Gasteiger partial charge on any atom is -0.465 e. The number of carbonyl (C=O) groups is 1. The van der Waals surface area contributed by atoms with E-state index in [1.807, 2.05) is 13.8 Å². The second-order valence-corrected chi connectivity index (χ2v) is 5.56. The summed E-state index contributed by atoms with van der Waals surface area (Å²) < 4.78 is 7.43. The molecule has 0 fully saturated rings. The van der Waals surface area contributed by atoms with E-state index in [9.17, 15) is 4.79 Å². The topological polar surface area (TPSA) is 56.2 Å². The van der Waals surface area contributed by atoms with Crippen LogP contribution in [-0.2, 0) is 28.9 Å². The molecule has 118 valence electrons. The van der Waals surface area contributed by atoms with E-state index < -0.39 is 0 Å². The molecule has 2 rings (SSSR count). The maximum atomic E-state index is 12.0. The van der Waals surface area contributed by atoms with Gasteiger partial charge in [0.05, 0.1) is 12.3 Å². The molecule has 1 unspecified atom stereocenters. The quantitative estimate of drug-likeness (QED) is 0.781. The zero-order valence-electron chi connectivity index (χ0n) is 13.4. The number of hydrogen-bond donors (Lipinski definition) is 1. The Hall–Kier alpha value is -1.36. The fourth-order valence-electron chi connectivity index (χ4n) is 3.08. The minimum atomic E-state index is -0.226. The number of aromatic nitrogens is 2. The lowest BCUT2D eigenvalue weighted by atomic mass is 10.0. The van der Waals surface area contributed by atoms with Crippen LogP contribution < -0.4 is 5.32 Å². The van der Waals surface area contributed by atoms with E-state index in [1.54, 1.807) is 0 Å². The van der Waals surface area contributed by atoms with Gasteiger partial charge in [0.15, 0.2) is 0 Å². The van der Waals surface area contributed by atoms with Crippen LogP contribution in [0, 0.1) is 6.92 Å². The van der Waals surface area contributed by atoms with Gasteiger partial charge in [-0.05, 0) is 52.5 Å². The first-order valence-electron chi connectivity index (χ1n) is 8.12. The van der Waals surface area contributed by atoms with E-state index in [1.165, 1.54) is 24.2 Å². The van der Waals surface area contributed by atoms with Crippen LogP contribution in [0.15, 0.2) is 0 Å². The molecule has 5 nitrogen and oxygen atoms in total. The summed E-state index contributed by atoms with van der Waals surface area (Å²) in [4.78, 5) is 16.6. The standard InChI is InChI=1S/C16H27N3O2/c1-4-17-14(16(20)21-5-2)10-11-19-12(3)18-13-8-6-7-9-15(13)19/h14,17H,4-11H2,1-3H3. The molecular weight excluding hydrogens is 266 g/mol. The molecular formula is C16H27N3O2. The molecule has 5 heteroatoms. The molecule has 1 aromatic rings. The Morgan fingerprint density at radius 1 is 1.38 bits per heavy atom. The lowest BCUT2D eigenvalue weighted by molar-refractivity contribution is -0.145. The van der Waals surface area contributed by atoms with Crippen LogP contribution in [0.4, 0.5) is 0 Å². The fourth-order valence-corrected chi connectivity index (χ4v) is 3.08. The Balaban J connectivity index is 2.03. The van der Waals surface area contributed by atoms with Gasteiger partial charge in [-0.25, -0.2) is 4.98 Å². The van der Waals surface area contributed by atoms with Gasteiger partial charge < -0.3 is 14.6 Å². The first kappa shape index (κ1) is 16.0. The van der Waals surface area contributed by atoms with Crippen LogP contribution >= 0.6 is 0 Å². The zero-order valence-corrected chi connectivity index (χ0v) is 13.4. The second kappa shape index (κ2) is 7.59. The number of ether oxygens (including phenoxy) is 1. The molecule has 21 heavy (non-hydrogen) atoms. The van der Waals surface area contributed by atoms with Gasteiger partial charge in [0.25, 0.3) is 0 Å². The fraction of sp³-hybridized carbons (Fsp3) is 0.750. The van der Waals surface area contributed by atoms with E-state index in [-0.39, 0.29) is 12.0 Å². The first-order chi connectivity index (χ1) is 10.2. The summed E-state index contributed by atoms with van der Waals surface area (Å²) in [5.74, 6) is 0.923. The number of aryl methyl sites for hydroxylation is 2. The van der Waals surface area contributed by atoms with Crippen molar-refractivity contribution >= 4 is 5.97 Å². The van der Waals surface area contributed by atoms with Crippen molar-refractivity contribution in [3.63, 3.8) is 0 Å². The van der Waals surface area contributed by atoms with Gasteiger partial charge in [-0.1, -0.05) is 6.92 Å². The summed E-state index contributed by atoms with van der Waals surface area (Å²) >= 11 is 0. The molecule has 1 atom stereocenters. The van der Waals surface area contributed by atoms with Crippen LogP contribution in [0.2, 0.25) is 0 Å². The Labute approximate surface area is 127 Å². The van der Waals surface area contributed by atoms with Crippen LogP contribution in [0.1, 0.15) is 50.3 Å². The molecule has 0 amide bonds. The Bertz CT molecular complexity index is 482. The summed E-state index contributed by atoms with van der Waals surface area (Å²) in [6, 6.07) is -0.226. The summed E-state index contributed by atoms with van der Waals surface area (Å²) in [6.07, 6.45) is 5.44. The lowest BCUT2D eigenvalue weighted by Gasteiger charge is -2.19. The predicted molar refractivity (Wildman–Crippen MR) is 82.3 cm³/mol. The van der Waals surface area contributed by atoms with E-state index in [4.69, 9.17) is 4.74 Å². The number of fused-ring (bicyclic) bond motifs is 1. The monoisotopic (exact) mass is 293 g/mol. The number of hydrogen-bond acceptors (Lipinski definition) is 4.